The standard InChI is InChI=1S/C22H34N4O2S.HI/c1-15-12-26(13-16(2)28-15)22(3,4)14-25-21(23-5)24-11-18(27)20-10-17-8-6-7-9-19(17)29-20;/h6-10,15-16,18,27H,11-14H2,1-5H3,(H2,23,24,25);1H. The summed E-state index contributed by atoms with van der Waals surface area (Å²) in [6.07, 6.45) is -0.0845. The number of hydrogen-bond donors (Lipinski definition) is 3. The summed E-state index contributed by atoms with van der Waals surface area (Å²) in [5.41, 5.74) is -0.0337. The number of benzene rings is 1. The molecule has 1 aromatic carbocycles. The maximum Gasteiger partial charge on any atom is 0.191 e. The van der Waals surface area contributed by atoms with Gasteiger partial charge in [-0.25, -0.2) is 0 Å². The average molecular weight is 547 g/mol. The maximum atomic E-state index is 10.6. The number of aliphatic hydroxyl groups excluding tert-OH is 1. The molecule has 6 nitrogen and oxygen atoms in total. The number of nitrogens with zero attached hydrogens (tertiary/aromatic N) is 2. The van der Waals surface area contributed by atoms with Crippen molar-refractivity contribution in [2.45, 2.75) is 51.5 Å². The molecule has 3 N–H and O–H groups in total. The molecule has 168 valence electrons. The number of rotatable bonds is 6. The Kier molecular flexibility index (Phi) is 9.35. The molecule has 1 aliphatic rings. The summed E-state index contributed by atoms with van der Waals surface area (Å²) in [6, 6.07) is 10.3. The van der Waals surface area contributed by atoms with Crippen LogP contribution in [-0.2, 0) is 4.74 Å². The van der Waals surface area contributed by atoms with E-state index in [0.29, 0.717) is 12.5 Å². The quantitative estimate of drug-likeness (QED) is 0.294. The van der Waals surface area contributed by atoms with Gasteiger partial charge in [0.05, 0.1) is 12.2 Å². The van der Waals surface area contributed by atoms with Crippen LogP contribution in [0.1, 0.15) is 38.7 Å². The van der Waals surface area contributed by atoms with Gasteiger partial charge in [-0.15, -0.1) is 35.3 Å². The van der Waals surface area contributed by atoms with E-state index in [2.05, 4.69) is 66.4 Å². The summed E-state index contributed by atoms with van der Waals surface area (Å²) >= 11 is 1.63. The first-order valence-electron chi connectivity index (χ1n) is 10.3. The molecule has 30 heavy (non-hydrogen) atoms. The summed E-state index contributed by atoms with van der Waals surface area (Å²) in [5, 5.41) is 18.4. The van der Waals surface area contributed by atoms with E-state index in [-0.39, 0.29) is 41.7 Å². The summed E-state index contributed by atoms with van der Waals surface area (Å²) < 4.78 is 7.06. The van der Waals surface area contributed by atoms with E-state index in [1.807, 2.05) is 12.1 Å². The number of morpholine rings is 1. The van der Waals surface area contributed by atoms with Crippen LogP contribution in [0.4, 0.5) is 0 Å². The third-order valence-electron chi connectivity index (χ3n) is 5.42. The monoisotopic (exact) mass is 546 g/mol. The van der Waals surface area contributed by atoms with Gasteiger partial charge in [-0.1, -0.05) is 18.2 Å². The van der Waals surface area contributed by atoms with Crippen molar-refractivity contribution in [3.63, 3.8) is 0 Å². The molecule has 1 fully saturated rings. The molecule has 1 saturated heterocycles. The van der Waals surface area contributed by atoms with Crippen molar-refractivity contribution in [1.82, 2.24) is 15.5 Å². The molecule has 3 rings (SSSR count). The second-order valence-electron chi connectivity index (χ2n) is 8.48. The molecule has 0 amide bonds. The normalized spacial score (nSPS) is 21.9. The molecule has 2 aromatic rings. The number of thiophene rings is 1. The highest BCUT2D eigenvalue weighted by Crippen LogP contribution is 2.29. The van der Waals surface area contributed by atoms with Crippen molar-refractivity contribution in [3.05, 3.63) is 35.2 Å². The van der Waals surface area contributed by atoms with Gasteiger partial charge in [-0.2, -0.15) is 0 Å². The van der Waals surface area contributed by atoms with E-state index in [1.54, 1.807) is 18.4 Å². The lowest BCUT2D eigenvalue weighted by atomic mass is 10.00. The predicted molar refractivity (Wildman–Crippen MR) is 137 cm³/mol. The molecule has 8 heteroatoms. The number of guanidine groups is 1. The van der Waals surface area contributed by atoms with Crippen molar-refractivity contribution in [2.75, 3.05) is 33.2 Å². The van der Waals surface area contributed by atoms with Crippen LogP contribution in [0.2, 0.25) is 0 Å². The number of halogens is 1. The van der Waals surface area contributed by atoms with E-state index in [4.69, 9.17) is 4.74 Å². The molecule has 0 spiro atoms. The van der Waals surface area contributed by atoms with Crippen LogP contribution in [0.25, 0.3) is 10.1 Å². The Morgan fingerprint density at radius 3 is 2.57 bits per heavy atom. The number of aliphatic imine (C=N–C) groups is 1. The second-order valence-corrected chi connectivity index (χ2v) is 9.60. The number of ether oxygens (including phenoxy) is 1. The molecule has 1 aliphatic heterocycles. The smallest absolute Gasteiger partial charge is 0.191 e. The van der Waals surface area contributed by atoms with Crippen LogP contribution in [-0.4, -0.2) is 66.9 Å². The van der Waals surface area contributed by atoms with E-state index in [0.717, 1.165) is 24.5 Å². The van der Waals surface area contributed by atoms with Gasteiger partial charge in [0.25, 0.3) is 0 Å². The van der Waals surface area contributed by atoms with Gasteiger partial charge in [-0.05, 0) is 45.2 Å². The lowest BCUT2D eigenvalue weighted by molar-refractivity contribution is -0.0946. The zero-order valence-corrected chi connectivity index (χ0v) is 21.7. The van der Waals surface area contributed by atoms with E-state index >= 15 is 0 Å². The SMILES string of the molecule is CN=C(NCC(O)c1cc2ccccc2s1)NCC(C)(C)N1CC(C)OC(C)C1.I. The zero-order chi connectivity index (χ0) is 21.0. The summed E-state index contributed by atoms with van der Waals surface area (Å²) in [7, 11) is 1.76. The Hall–Kier alpha value is -0.940. The van der Waals surface area contributed by atoms with Crippen LogP contribution in [0.5, 0.6) is 0 Å². The van der Waals surface area contributed by atoms with Crippen molar-refractivity contribution >= 4 is 51.4 Å². The van der Waals surface area contributed by atoms with Crippen LogP contribution in [0.15, 0.2) is 35.3 Å². The third-order valence-corrected chi connectivity index (χ3v) is 6.64. The molecule has 1 aromatic heterocycles. The Labute approximate surface area is 201 Å². The fourth-order valence-corrected chi connectivity index (χ4v) is 4.82. The first kappa shape index (κ1) is 25.3. The van der Waals surface area contributed by atoms with Gasteiger partial charge in [0.2, 0.25) is 0 Å². The van der Waals surface area contributed by atoms with Gasteiger partial charge in [0.1, 0.15) is 6.10 Å². The Bertz CT molecular complexity index is 798. The van der Waals surface area contributed by atoms with Crippen LogP contribution in [0, 0.1) is 0 Å². The van der Waals surface area contributed by atoms with Crippen molar-refractivity contribution < 1.29 is 9.84 Å². The van der Waals surface area contributed by atoms with Crippen molar-refractivity contribution in [3.8, 4) is 0 Å². The Balaban J connectivity index is 0.00000320. The second kappa shape index (κ2) is 11.1. The van der Waals surface area contributed by atoms with Crippen molar-refractivity contribution in [2.24, 2.45) is 4.99 Å². The first-order valence-corrected chi connectivity index (χ1v) is 11.1. The van der Waals surface area contributed by atoms with Gasteiger partial charge in [-0.3, -0.25) is 9.89 Å². The lowest BCUT2D eigenvalue weighted by Gasteiger charge is -2.45. The Morgan fingerprint density at radius 2 is 1.93 bits per heavy atom. The molecule has 0 saturated carbocycles. The largest absolute Gasteiger partial charge is 0.386 e. The minimum absolute atomic E-state index is 0. The van der Waals surface area contributed by atoms with Gasteiger partial charge >= 0.3 is 0 Å². The molecular weight excluding hydrogens is 511 g/mol. The number of aliphatic hydroxyl groups is 1. The predicted octanol–water partition coefficient (Wildman–Crippen LogP) is 3.61. The van der Waals surface area contributed by atoms with Crippen LogP contribution in [0.3, 0.4) is 0 Å². The number of nitrogens with one attached hydrogen (secondary N) is 2. The molecule has 0 radical (unpaired) electrons. The average Bonchev–Trinajstić information content (AvgIpc) is 3.11. The highest BCUT2D eigenvalue weighted by Gasteiger charge is 2.33. The summed E-state index contributed by atoms with van der Waals surface area (Å²) in [6.45, 7) is 11.8. The molecule has 2 heterocycles. The lowest BCUT2D eigenvalue weighted by Crippen LogP contribution is -2.59. The minimum Gasteiger partial charge on any atom is -0.386 e. The fraction of sp³-hybridized carbons (Fsp3) is 0.591. The highest BCUT2D eigenvalue weighted by atomic mass is 127. The van der Waals surface area contributed by atoms with Crippen molar-refractivity contribution in [1.29, 1.82) is 0 Å². The van der Waals surface area contributed by atoms with E-state index < -0.39 is 6.10 Å². The zero-order valence-electron chi connectivity index (χ0n) is 18.5. The van der Waals surface area contributed by atoms with Gasteiger partial charge in [0, 0.05) is 48.3 Å². The van der Waals surface area contributed by atoms with Crippen LogP contribution < -0.4 is 10.6 Å². The fourth-order valence-electron chi connectivity index (χ4n) is 3.77. The van der Waals surface area contributed by atoms with E-state index in [9.17, 15) is 5.11 Å². The topological polar surface area (TPSA) is 69.1 Å². The summed E-state index contributed by atoms with van der Waals surface area (Å²) in [5.74, 6) is 0.701. The first-order chi connectivity index (χ1) is 13.8. The number of hydrogen-bond acceptors (Lipinski definition) is 5. The summed E-state index contributed by atoms with van der Waals surface area (Å²) in [4.78, 5) is 7.75. The third kappa shape index (κ3) is 6.53. The highest BCUT2D eigenvalue weighted by molar-refractivity contribution is 14.0. The molecule has 3 unspecified atom stereocenters. The van der Waals surface area contributed by atoms with Crippen LogP contribution >= 0.6 is 35.3 Å². The number of fused-ring (bicyclic) bond motifs is 1. The Morgan fingerprint density at radius 1 is 1.27 bits per heavy atom. The van der Waals surface area contributed by atoms with Gasteiger partial charge < -0.3 is 20.5 Å². The molecule has 3 atom stereocenters. The molecular formula is C22H35IN4O2S. The van der Waals surface area contributed by atoms with E-state index in [1.165, 1.54) is 10.1 Å². The minimum atomic E-state index is -0.570. The molecule has 0 aliphatic carbocycles. The van der Waals surface area contributed by atoms with Gasteiger partial charge in [0.15, 0.2) is 5.96 Å². The molecule has 0 bridgehead atoms. The maximum absolute atomic E-state index is 10.6.